The topological polar surface area (TPSA) is 69.6 Å². The normalized spacial score (nSPS) is 30.5. The zero-order valence-corrected chi connectivity index (χ0v) is 10.9. The number of rotatable bonds is 3. The first-order valence-corrected chi connectivity index (χ1v) is 6.87. The summed E-state index contributed by atoms with van der Waals surface area (Å²) in [6, 6.07) is -0.0105. The van der Waals surface area contributed by atoms with Gasteiger partial charge >= 0.3 is 5.97 Å². The molecule has 0 radical (unpaired) electrons. The molecule has 2 fully saturated rings. The highest BCUT2D eigenvalue weighted by Gasteiger charge is 2.36. The number of carbonyl (C=O) groups is 2. The fourth-order valence-corrected chi connectivity index (χ4v) is 3.15. The fourth-order valence-electron chi connectivity index (χ4n) is 3.15. The quantitative estimate of drug-likeness (QED) is 0.788. The summed E-state index contributed by atoms with van der Waals surface area (Å²) in [4.78, 5) is 25.3. The molecule has 5 heteroatoms. The minimum Gasteiger partial charge on any atom is -0.481 e. The molecule has 0 aromatic heterocycles. The number of carboxylic acids is 1. The number of nitrogens with zero attached hydrogens (tertiary/aromatic N) is 1. The number of hydrogen-bond acceptors (Lipinski definition) is 3. The predicted octanol–water partition coefficient (Wildman–Crippen LogP) is 0.983. The molecule has 0 bridgehead atoms. The smallest absolute Gasteiger partial charge is 0.305 e. The Morgan fingerprint density at radius 2 is 2.06 bits per heavy atom. The predicted molar refractivity (Wildman–Crippen MR) is 67.2 cm³/mol. The Bertz CT molecular complexity index is 326. The van der Waals surface area contributed by atoms with Crippen LogP contribution in [0, 0.1) is 0 Å². The minimum atomic E-state index is -0.915. The highest BCUT2D eigenvalue weighted by atomic mass is 16.4. The van der Waals surface area contributed by atoms with Gasteiger partial charge in [0, 0.05) is 12.1 Å². The van der Waals surface area contributed by atoms with E-state index in [0.29, 0.717) is 12.6 Å². The first kappa shape index (κ1) is 13.3. The van der Waals surface area contributed by atoms with Crippen LogP contribution in [0.5, 0.6) is 0 Å². The van der Waals surface area contributed by atoms with Crippen molar-refractivity contribution in [2.24, 2.45) is 0 Å². The van der Waals surface area contributed by atoms with Gasteiger partial charge in [0.1, 0.15) is 0 Å². The molecular weight excluding hydrogens is 232 g/mol. The molecule has 1 aliphatic heterocycles. The molecule has 0 aromatic carbocycles. The lowest BCUT2D eigenvalue weighted by atomic mass is 10.1. The van der Waals surface area contributed by atoms with E-state index in [0.717, 1.165) is 19.3 Å². The van der Waals surface area contributed by atoms with Crippen molar-refractivity contribution in [1.29, 1.82) is 0 Å². The molecule has 18 heavy (non-hydrogen) atoms. The van der Waals surface area contributed by atoms with Crippen LogP contribution in [-0.4, -0.2) is 46.6 Å². The molecule has 5 nitrogen and oxygen atoms in total. The maximum absolute atomic E-state index is 12.5. The largest absolute Gasteiger partial charge is 0.481 e. The summed E-state index contributed by atoms with van der Waals surface area (Å²) >= 11 is 0. The van der Waals surface area contributed by atoms with Crippen LogP contribution < -0.4 is 5.32 Å². The first-order chi connectivity index (χ1) is 8.59. The Balaban J connectivity index is 2.12. The van der Waals surface area contributed by atoms with E-state index in [1.54, 1.807) is 0 Å². The third-order valence-electron chi connectivity index (χ3n) is 4.08. The minimum absolute atomic E-state index is 0.0192. The fraction of sp³-hybridized carbons (Fsp3) is 0.846. The van der Waals surface area contributed by atoms with E-state index >= 15 is 0 Å². The number of carboxylic acid groups (broad SMARTS) is 1. The van der Waals surface area contributed by atoms with E-state index in [-0.39, 0.29) is 18.4 Å². The summed E-state index contributed by atoms with van der Waals surface area (Å²) in [6.45, 7) is 2.79. The van der Waals surface area contributed by atoms with Crippen LogP contribution in [0.3, 0.4) is 0 Å². The Hall–Kier alpha value is -1.10. The van der Waals surface area contributed by atoms with Crippen molar-refractivity contribution in [2.75, 3.05) is 6.54 Å². The van der Waals surface area contributed by atoms with Gasteiger partial charge in [-0.05, 0) is 32.7 Å². The third-order valence-corrected chi connectivity index (χ3v) is 4.08. The Labute approximate surface area is 108 Å². The van der Waals surface area contributed by atoms with Crippen LogP contribution in [0.25, 0.3) is 0 Å². The molecule has 1 heterocycles. The van der Waals surface area contributed by atoms with Crippen molar-refractivity contribution in [1.82, 2.24) is 10.2 Å². The van der Waals surface area contributed by atoms with Crippen LogP contribution in [0.1, 0.15) is 45.4 Å². The number of nitrogens with one attached hydrogen (secondary N) is 1. The molecule has 2 N–H and O–H groups in total. The molecule has 2 atom stereocenters. The average Bonchev–Trinajstić information content (AvgIpc) is 2.76. The average molecular weight is 254 g/mol. The number of aliphatic carboxylic acids is 1. The van der Waals surface area contributed by atoms with Gasteiger partial charge in [-0.15, -0.1) is 0 Å². The van der Waals surface area contributed by atoms with Crippen molar-refractivity contribution in [2.45, 2.75) is 63.6 Å². The van der Waals surface area contributed by atoms with E-state index in [1.165, 1.54) is 12.8 Å². The third kappa shape index (κ3) is 2.83. The summed E-state index contributed by atoms with van der Waals surface area (Å²) < 4.78 is 0. The van der Waals surface area contributed by atoms with E-state index in [2.05, 4.69) is 12.2 Å². The van der Waals surface area contributed by atoms with Gasteiger partial charge in [0.2, 0.25) is 5.91 Å². The second-order valence-corrected chi connectivity index (χ2v) is 5.43. The lowest BCUT2D eigenvalue weighted by Gasteiger charge is -2.34. The zero-order valence-electron chi connectivity index (χ0n) is 10.9. The molecule has 102 valence electrons. The molecule has 2 rings (SSSR count). The Morgan fingerprint density at radius 1 is 1.39 bits per heavy atom. The van der Waals surface area contributed by atoms with Crippen molar-refractivity contribution in [3.63, 3.8) is 0 Å². The summed E-state index contributed by atoms with van der Waals surface area (Å²) in [5.74, 6) is -0.934. The van der Waals surface area contributed by atoms with Crippen LogP contribution in [0.4, 0.5) is 0 Å². The molecule has 1 saturated carbocycles. The van der Waals surface area contributed by atoms with Gasteiger partial charge < -0.3 is 15.3 Å². The highest BCUT2D eigenvalue weighted by Crippen LogP contribution is 2.27. The van der Waals surface area contributed by atoms with Crippen molar-refractivity contribution >= 4 is 11.9 Å². The van der Waals surface area contributed by atoms with E-state index in [4.69, 9.17) is 5.11 Å². The molecule has 2 unspecified atom stereocenters. The van der Waals surface area contributed by atoms with Gasteiger partial charge in [-0.1, -0.05) is 12.8 Å². The lowest BCUT2D eigenvalue weighted by molar-refractivity contribution is -0.144. The van der Waals surface area contributed by atoms with Crippen LogP contribution >= 0.6 is 0 Å². The lowest BCUT2D eigenvalue weighted by Crippen LogP contribution is -2.50. The molecule has 0 aromatic rings. The monoisotopic (exact) mass is 254 g/mol. The van der Waals surface area contributed by atoms with Gasteiger partial charge in [0.15, 0.2) is 0 Å². The summed E-state index contributed by atoms with van der Waals surface area (Å²) in [5.41, 5.74) is 0. The first-order valence-electron chi connectivity index (χ1n) is 6.87. The van der Waals surface area contributed by atoms with Crippen molar-refractivity contribution in [3.8, 4) is 0 Å². The second-order valence-electron chi connectivity index (χ2n) is 5.43. The molecule has 1 amide bonds. The van der Waals surface area contributed by atoms with E-state index < -0.39 is 12.0 Å². The van der Waals surface area contributed by atoms with Gasteiger partial charge in [-0.3, -0.25) is 9.59 Å². The molecule has 0 spiro atoms. The van der Waals surface area contributed by atoms with Gasteiger partial charge in [0.05, 0.1) is 12.5 Å². The Morgan fingerprint density at radius 3 is 2.67 bits per heavy atom. The summed E-state index contributed by atoms with van der Waals surface area (Å²) in [5, 5.41) is 12.0. The maximum atomic E-state index is 12.5. The van der Waals surface area contributed by atoms with E-state index in [9.17, 15) is 9.59 Å². The maximum Gasteiger partial charge on any atom is 0.305 e. The van der Waals surface area contributed by atoms with Crippen LogP contribution in [0.15, 0.2) is 0 Å². The molecule has 1 saturated heterocycles. The molecule has 1 aliphatic carbocycles. The number of carbonyl (C=O) groups excluding carboxylic acids is 1. The van der Waals surface area contributed by atoms with Gasteiger partial charge in [-0.2, -0.15) is 0 Å². The highest BCUT2D eigenvalue weighted by molar-refractivity contribution is 5.87. The number of hydrogen-bond donors (Lipinski definition) is 2. The van der Waals surface area contributed by atoms with Crippen LogP contribution in [-0.2, 0) is 9.59 Å². The van der Waals surface area contributed by atoms with Gasteiger partial charge in [-0.25, -0.2) is 0 Å². The molecule has 2 aliphatic rings. The van der Waals surface area contributed by atoms with Crippen molar-refractivity contribution in [3.05, 3.63) is 0 Å². The van der Waals surface area contributed by atoms with E-state index in [1.807, 2.05) is 4.90 Å². The van der Waals surface area contributed by atoms with Gasteiger partial charge in [0.25, 0.3) is 0 Å². The molecular formula is C13H22N2O3. The van der Waals surface area contributed by atoms with Crippen molar-refractivity contribution < 1.29 is 14.7 Å². The number of amides is 1. The second kappa shape index (κ2) is 5.69. The summed E-state index contributed by atoms with van der Waals surface area (Å²) in [7, 11) is 0. The summed E-state index contributed by atoms with van der Waals surface area (Å²) in [6.07, 6.45) is 5.27. The SMILES string of the molecule is CC1CCNC(CC(=O)O)C(=O)N1C1CCCC1. The van der Waals surface area contributed by atoms with Crippen LogP contribution in [0.2, 0.25) is 0 Å². The zero-order chi connectivity index (χ0) is 13.1. The standard InChI is InChI=1S/C13H22N2O3/c1-9-6-7-14-11(8-12(16)17)13(18)15(9)10-4-2-3-5-10/h9-11,14H,2-8H2,1H3,(H,16,17). The Kier molecular flexibility index (Phi) is 4.22.